The molecule has 19 heteroatoms. The lowest BCUT2D eigenvalue weighted by Gasteiger charge is -2.40. The number of anilines is 1. The van der Waals surface area contributed by atoms with Crippen molar-refractivity contribution in [1.29, 1.82) is 5.26 Å². The summed E-state index contributed by atoms with van der Waals surface area (Å²) in [7, 11) is 2.93. The highest BCUT2D eigenvalue weighted by molar-refractivity contribution is 7.51. The Bertz CT molecular complexity index is 2540. The lowest BCUT2D eigenvalue weighted by molar-refractivity contribution is -0.152. The van der Waals surface area contributed by atoms with E-state index in [4.69, 9.17) is 37.7 Å². The van der Waals surface area contributed by atoms with Gasteiger partial charge in [-0.2, -0.15) is 10.2 Å². The van der Waals surface area contributed by atoms with E-state index in [1.54, 1.807) is 53.6 Å². The van der Waals surface area contributed by atoms with Crippen molar-refractivity contribution in [3.63, 3.8) is 0 Å². The summed E-state index contributed by atoms with van der Waals surface area (Å²) < 4.78 is 55.0. The van der Waals surface area contributed by atoms with Crippen LogP contribution in [0.2, 0.25) is 0 Å². The zero-order chi connectivity index (χ0) is 50.8. The van der Waals surface area contributed by atoms with E-state index in [1.807, 2.05) is 107 Å². The minimum absolute atomic E-state index is 0.00293. The summed E-state index contributed by atoms with van der Waals surface area (Å²) in [5, 5.41) is 12.2. The van der Waals surface area contributed by atoms with Gasteiger partial charge in [-0.3, -0.25) is 33.9 Å². The van der Waals surface area contributed by atoms with E-state index in [2.05, 4.69) is 31.0 Å². The van der Waals surface area contributed by atoms with Crippen LogP contribution in [0.25, 0.3) is 11.2 Å². The van der Waals surface area contributed by atoms with E-state index in [9.17, 15) is 19.6 Å². The molecule has 0 saturated carbocycles. The normalized spacial score (nSPS) is 17.9. The number of nitrogens with zero attached hydrogens (tertiary/aromatic N) is 5. The molecule has 3 heterocycles. The third-order valence-electron chi connectivity index (χ3n) is 11.7. The number of carbonyl (C=O) groups excluding carboxylic acids is 2. The van der Waals surface area contributed by atoms with Gasteiger partial charge in [0.1, 0.15) is 55.5 Å². The van der Waals surface area contributed by atoms with Gasteiger partial charge in [0, 0.05) is 25.1 Å². The van der Waals surface area contributed by atoms with E-state index in [-0.39, 0.29) is 67.5 Å². The van der Waals surface area contributed by atoms with Gasteiger partial charge in [0.25, 0.3) is 5.56 Å². The van der Waals surface area contributed by atoms with Crippen molar-refractivity contribution in [2.75, 3.05) is 52.6 Å². The molecule has 1 saturated heterocycles. The Kier molecular flexibility index (Phi) is 18.3. The van der Waals surface area contributed by atoms with Crippen LogP contribution in [-0.2, 0) is 43.4 Å². The number of amides is 1. The molecule has 376 valence electrons. The Morgan fingerprint density at radius 2 is 1.49 bits per heavy atom. The van der Waals surface area contributed by atoms with Crippen LogP contribution in [-0.4, -0.2) is 119 Å². The van der Waals surface area contributed by atoms with E-state index in [0.717, 1.165) is 16.7 Å². The zero-order valence-electron chi connectivity index (χ0n) is 41.8. The third kappa shape index (κ3) is 12.4. The highest BCUT2D eigenvalue weighted by Gasteiger charge is 2.52. The number of rotatable bonds is 24. The fraction of sp³-hybridized carbons (Fsp3) is 0.490. The van der Waals surface area contributed by atoms with E-state index in [0.29, 0.717) is 11.5 Å². The highest BCUT2D eigenvalue weighted by atomic mass is 31.2. The second kappa shape index (κ2) is 23.9. The molecule has 1 aliphatic heterocycles. The second-order valence-electron chi connectivity index (χ2n) is 18.3. The Hall–Kier alpha value is -5.77. The van der Waals surface area contributed by atoms with Crippen molar-refractivity contribution in [3.8, 4) is 17.6 Å². The number of carbonyl (C=O) groups is 2. The molecule has 3 aromatic carbocycles. The van der Waals surface area contributed by atoms with Crippen LogP contribution in [0.5, 0.6) is 11.5 Å². The zero-order valence-corrected chi connectivity index (χ0v) is 42.7. The van der Waals surface area contributed by atoms with Crippen LogP contribution in [0.3, 0.4) is 0 Å². The van der Waals surface area contributed by atoms with Gasteiger partial charge in [-0.05, 0) is 82.5 Å². The van der Waals surface area contributed by atoms with Crippen molar-refractivity contribution in [3.05, 3.63) is 112 Å². The van der Waals surface area contributed by atoms with Crippen LogP contribution in [0.4, 0.5) is 5.95 Å². The Morgan fingerprint density at radius 1 is 0.886 bits per heavy atom. The first kappa shape index (κ1) is 53.6. The molecule has 1 aliphatic rings. The number of fused-ring (bicyclic) bond motifs is 1. The van der Waals surface area contributed by atoms with E-state index < -0.39 is 61.5 Å². The maximum Gasteiger partial charge on any atom is 0.314 e. The maximum atomic E-state index is 14.0. The average Bonchev–Trinajstić information content (AvgIpc) is 3.90. The average molecular weight is 984 g/mol. The van der Waals surface area contributed by atoms with Gasteiger partial charge in [0.15, 0.2) is 17.4 Å². The molecule has 3 unspecified atom stereocenters. The maximum absolute atomic E-state index is 14.0. The number of benzene rings is 3. The van der Waals surface area contributed by atoms with Crippen LogP contribution in [0.15, 0.2) is 90.0 Å². The summed E-state index contributed by atoms with van der Waals surface area (Å²) >= 11 is 0. The smallest absolute Gasteiger partial charge is 0.314 e. The van der Waals surface area contributed by atoms with Gasteiger partial charge in [0.05, 0.1) is 52.9 Å². The number of imidazole rings is 1. The quantitative estimate of drug-likeness (QED) is 0.0262. The molecule has 6 rings (SSSR count). The third-order valence-corrected chi connectivity index (χ3v) is 14.2. The predicted octanol–water partition coefficient (Wildman–Crippen LogP) is 7.72. The van der Waals surface area contributed by atoms with Gasteiger partial charge in [-0.1, -0.05) is 68.4 Å². The fourth-order valence-corrected chi connectivity index (χ4v) is 10.7. The van der Waals surface area contributed by atoms with Crippen LogP contribution in [0.1, 0.15) is 84.7 Å². The number of H-pyrrole nitrogens is 1. The molecule has 0 radical (unpaired) electrons. The van der Waals surface area contributed by atoms with E-state index in [1.165, 1.54) is 6.33 Å². The number of nitrogens with one attached hydrogen (secondary N) is 2. The Morgan fingerprint density at radius 3 is 2.03 bits per heavy atom. The molecule has 5 aromatic rings. The predicted molar refractivity (Wildman–Crippen MR) is 265 cm³/mol. The first-order valence-electron chi connectivity index (χ1n) is 23.3. The van der Waals surface area contributed by atoms with Crippen LogP contribution >= 0.6 is 8.30 Å². The number of aromatic amines is 1. The largest absolute Gasteiger partial charge is 0.497 e. The lowest BCUT2D eigenvalue weighted by atomic mass is 9.80. The molecule has 70 heavy (non-hydrogen) atoms. The summed E-state index contributed by atoms with van der Waals surface area (Å²) in [6, 6.07) is 27.0. The molecule has 0 spiro atoms. The fourth-order valence-electron chi connectivity index (χ4n) is 8.45. The summed E-state index contributed by atoms with van der Waals surface area (Å²) in [6.45, 7) is 15.1. The van der Waals surface area contributed by atoms with Gasteiger partial charge in [0.2, 0.25) is 11.9 Å². The number of aromatic nitrogens is 4. The van der Waals surface area contributed by atoms with Crippen molar-refractivity contribution in [1.82, 2.24) is 24.2 Å². The summed E-state index contributed by atoms with van der Waals surface area (Å²) in [5.41, 5.74) is -0.440. The standard InChI is InChI=1S/C51H66N7O11P/c1-32(2)46(60)55-49-54-45-42(47(61)56-49)53-31-57(45)48-44(65-28-27-62-9)43(69-70(58(33(3)4)34(5)6)30-41(59)68-50(7,8)25-26-52)40(67-48)29-66-51(35-15-13-12-14-16-35,36-17-21-38(63-10)22-18-36)37-19-23-39(64-11)24-20-37/h12-24,31-34,40,43-44,48H,25,27-30H2,1-11H3,(H2,54,55,56,60,61)/t40-,43?,44?,48-,70?/m1/s1. The number of esters is 1. The van der Waals surface area contributed by atoms with Gasteiger partial charge < -0.3 is 37.7 Å². The molecular weight excluding hydrogens is 918 g/mol. The first-order chi connectivity index (χ1) is 33.5. The second-order valence-corrected chi connectivity index (χ2v) is 20.0. The first-order valence-corrected chi connectivity index (χ1v) is 24.7. The van der Waals surface area contributed by atoms with Crippen molar-refractivity contribution >= 4 is 37.3 Å². The molecule has 1 amide bonds. The SMILES string of the molecule is COCCOC1C(OP(CC(=O)OC(C)(C)CC#N)N(C(C)C)C(C)C)[C@@H](COC(c2ccccc2)(c2ccc(OC)cc2)c2ccc(OC)cc2)O[C@H]1n1cnc2c(=O)[nH]c(NC(=O)C(C)C)nc21. The van der Waals surface area contributed by atoms with Gasteiger partial charge in [-0.25, -0.2) is 4.98 Å². The van der Waals surface area contributed by atoms with Gasteiger partial charge >= 0.3 is 5.97 Å². The van der Waals surface area contributed by atoms with Crippen LogP contribution in [0, 0.1) is 17.2 Å². The molecule has 5 atom stereocenters. The highest BCUT2D eigenvalue weighted by Crippen LogP contribution is 2.51. The Labute approximate surface area is 410 Å². The van der Waals surface area contributed by atoms with Gasteiger partial charge in [-0.15, -0.1) is 0 Å². The topological polar surface area (TPSA) is 211 Å². The minimum Gasteiger partial charge on any atom is -0.497 e. The molecule has 0 bridgehead atoms. The Balaban J connectivity index is 1.55. The minimum atomic E-state index is -1.85. The number of hydrogen-bond donors (Lipinski definition) is 2. The number of hydrogen-bond acceptors (Lipinski definition) is 15. The van der Waals surface area contributed by atoms with Crippen LogP contribution < -0.4 is 20.3 Å². The number of methoxy groups -OCH3 is 3. The monoisotopic (exact) mass is 983 g/mol. The summed E-state index contributed by atoms with van der Waals surface area (Å²) in [6.07, 6.45) is -2.69. The van der Waals surface area contributed by atoms with Crippen molar-refractivity contribution in [2.24, 2.45) is 5.92 Å². The lowest BCUT2D eigenvalue weighted by Crippen LogP contribution is -2.43. The summed E-state index contributed by atoms with van der Waals surface area (Å²) in [5.74, 6) is -0.0578. The van der Waals surface area contributed by atoms with Crippen molar-refractivity contribution < 1.29 is 47.3 Å². The molecule has 2 aromatic heterocycles. The van der Waals surface area contributed by atoms with E-state index >= 15 is 0 Å². The molecule has 18 nitrogen and oxygen atoms in total. The molecule has 1 fully saturated rings. The number of ether oxygens (including phenoxy) is 7. The number of nitriles is 1. The molecular formula is C51H66N7O11P. The molecule has 0 aliphatic carbocycles. The summed E-state index contributed by atoms with van der Waals surface area (Å²) in [4.78, 5) is 52.2. The molecule has 2 N–H and O–H groups in total. The van der Waals surface area contributed by atoms with Crippen molar-refractivity contribution in [2.45, 2.75) is 110 Å².